The minimum absolute atomic E-state index is 0.430. The number of rotatable bonds is 8. The molecule has 1 aromatic heterocycles. The number of halogens is 2. The third-order valence-electron chi connectivity index (χ3n) is 3.81. The largest absolute Gasteiger partial charge is 0.493 e. The molecule has 0 fully saturated rings. The second-order valence-electron chi connectivity index (χ2n) is 5.70. The van der Waals surface area contributed by atoms with E-state index in [4.69, 9.17) is 21.1 Å². The summed E-state index contributed by atoms with van der Waals surface area (Å²) in [6.07, 6.45) is 0. The van der Waals surface area contributed by atoms with Crippen LogP contribution in [0.1, 0.15) is 16.0 Å². The first-order chi connectivity index (χ1) is 12.7. The molecule has 0 saturated heterocycles. The number of methoxy groups -OCH3 is 1. The van der Waals surface area contributed by atoms with Gasteiger partial charge in [-0.3, -0.25) is 0 Å². The van der Waals surface area contributed by atoms with Gasteiger partial charge in [-0.2, -0.15) is 0 Å². The van der Waals surface area contributed by atoms with Gasteiger partial charge < -0.3 is 14.8 Å². The summed E-state index contributed by atoms with van der Waals surface area (Å²) in [5.41, 5.74) is 2.13. The minimum atomic E-state index is 0.430. The summed E-state index contributed by atoms with van der Waals surface area (Å²) in [6.45, 7) is 2.02. The van der Waals surface area contributed by atoms with E-state index in [0.29, 0.717) is 23.1 Å². The molecule has 0 spiro atoms. The normalized spacial score (nSPS) is 10.7. The minimum Gasteiger partial charge on any atom is -0.493 e. The predicted molar refractivity (Wildman–Crippen MR) is 111 cm³/mol. The standard InChI is InChI=1S/C20H19BrClNO2S/c1-24-19-9-15(11-23-12-17-6-3-7-26-17)18(21)10-20(19)25-13-14-4-2-5-16(22)8-14/h2-10,23H,11-13H2,1H3. The third kappa shape index (κ3) is 5.24. The number of ether oxygens (including phenoxy) is 2. The van der Waals surface area contributed by atoms with Gasteiger partial charge in [0.2, 0.25) is 0 Å². The molecule has 3 rings (SSSR count). The van der Waals surface area contributed by atoms with Crippen molar-refractivity contribution in [3.63, 3.8) is 0 Å². The maximum atomic E-state index is 6.02. The van der Waals surface area contributed by atoms with Crippen molar-refractivity contribution in [3.05, 3.63) is 79.4 Å². The van der Waals surface area contributed by atoms with E-state index in [1.165, 1.54) is 4.88 Å². The van der Waals surface area contributed by atoms with Gasteiger partial charge in [0.1, 0.15) is 6.61 Å². The van der Waals surface area contributed by atoms with Gasteiger partial charge in [0.15, 0.2) is 11.5 Å². The van der Waals surface area contributed by atoms with E-state index in [2.05, 4.69) is 38.8 Å². The fourth-order valence-corrected chi connectivity index (χ4v) is 3.86. The van der Waals surface area contributed by atoms with Crippen LogP contribution >= 0.6 is 38.9 Å². The first-order valence-corrected chi connectivity index (χ1v) is 10.2. The number of hydrogen-bond acceptors (Lipinski definition) is 4. The first kappa shape index (κ1) is 19.2. The van der Waals surface area contributed by atoms with Crippen LogP contribution in [0.15, 0.2) is 58.4 Å². The van der Waals surface area contributed by atoms with Crippen LogP contribution in [0.5, 0.6) is 11.5 Å². The average molecular weight is 453 g/mol. The molecule has 0 aliphatic heterocycles. The van der Waals surface area contributed by atoms with Crippen molar-refractivity contribution >= 4 is 38.9 Å². The molecular formula is C20H19BrClNO2S. The number of hydrogen-bond donors (Lipinski definition) is 1. The van der Waals surface area contributed by atoms with Crippen LogP contribution in [0.3, 0.4) is 0 Å². The smallest absolute Gasteiger partial charge is 0.162 e. The molecule has 0 bridgehead atoms. The topological polar surface area (TPSA) is 30.5 Å². The maximum absolute atomic E-state index is 6.02. The fourth-order valence-electron chi connectivity index (χ4n) is 2.51. The molecule has 0 amide bonds. The van der Waals surface area contributed by atoms with E-state index in [-0.39, 0.29) is 0 Å². The van der Waals surface area contributed by atoms with Gasteiger partial charge in [-0.1, -0.05) is 45.7 Å². The molecule has 2 aromatic carbocycles. The van der Waals surface area contributed by atoms with E-state index < -0.39 is 0 Å². The number of thiophene rings is 1. The predicted octanol–water partition coefficient (Wildman–Crippen LogP) is 6.04. The van der Waals surface area contributed by atoms with Crippen LogP contribution in [0.2, 0.25) is 5.02 Å². The molecule has 3 nitrogen and oxygen atoms in total. The lowest BCUT2D eigenvalue weighted by molar-refractivity contribution is 0.284. The molecule has 6 heteroatoms. The van der Waals surface area contributed by atoms with Crippen molar-refractivity contribution in [1.82, 2.24) is 5.32 Å². The van der Waals surface area contributed by atoms with Gasteiger partial charge in [0.05, 0.1) is 7.11 Å². The van der Waals surface area contributed by atoms with Gasteiger partial charge in [0, 0.05) is 27.5 Å². The Morgan fingerprint density at radius 2 is 1.96 bits per heavy atom. The summed E-state index contributed by atoms with van der Waals surface area (Å²) in [5.74, 6) is 1.41. The Labute approximate surface area is 171 Å². The average Bonchev–Trinajstić information content (AvgIpc) is 3.15. The first-order valence-electron chi connectivity index (χ1n) is 8.12. The summed E-state index contributed by atoms with van der Waals surface area (Å²) < 4.78 is 12.4. The van der Waals surface area contributed by atoms with Gasteiger partial charge in [0.25, 0.3) is 0 Å². The highest BCUT2D eigenvalue weighted by molar-refractivity contribution is 9.10. The van der Waals surface area contributed by atoms with Crippen LogP contribution < -0.4 is 14.8 Å². The maximum Gasteiger partial charge on any atom is 0.162 e. The Hall–Kier alpha value is -1.53. The lowest BCUT2D eigenvalue weighted by atomic mass is 10.2. The summed E-state index contributed by atoms with van der Waals surface area (Å²) in [6, 6.07) is 15.8. The Morgan fingerprint density at radius 3 is 2.69 bits per heavy atom. The Balaban J connectivity index is 1.66. The van der Waals surface area contributed by atoms with Gasteiger partial charge in [-0.25, -0.2) is 0 Å². The Kier molecular flexibility index (Phi) is 6.97. The molecule has 0 radical (unpaired) electrons. The van der Waals surface area contributed by atoms with Crippen molar-refractivity contribution < 1.29 is 9.47 Å². The van der Waals surface area contributed by atoms with Gasteiger partial charge in [-0.05, 0) is 46.8 Å². The van der Waals surface area contributed by atoms with Crippen molar-refractivity contribution in [2.24, 2.45) is 0 Å². The van der Waals surface area contributed by atoms with Crippen molar-refractivity contribution in [2.45, 2.75) is 19.7 Å². The van der Waals surface area contributed by atoms with Crippen molar-refractivity contribution in [3.8, 4) is 11.5 Å². The summed E-state index contributed by atoms with van der Waals surface area (Å²) in [7, 11) is 1.65. The van der Waals surface area contributed by atoms with Crippen LogP contribution in [0.25, 0.3) is 0 Å². The zero-order valence-electron chi connectivity index (χ0n) is 14.3. The molecule has 0 unspecified atom stereocenters. The molecule has 0 aliphatic rings. The van der Waals surface area contributed by atoms with Crippen molar-refractivity contribution in [2.75, 3.05) is 7.11 Å². The molecule has 0 saturated carbocycles. The number of nitrogens with one attached hydrogen (secondary N) is 1. The molecule has 0 aliphatic carbocycles. The quantitative estimate of drug-likeness (QED) is 0.452. The van der Waals surface area contributed by atoms with Gasteiger partial charge in [-0.15, -0.1) is 11.3 Å². The van der Waals surface area contributed by atoms with Crippen LogP contribution in [0, 0.1) is 0 Å². The Bertz CT molecular complexity index is 855. The molecule has 26 heavy (non-hydrogen) atoms. The van der Waals surface area contributed by atoms with E-state index >= 15 is 0 Å². The second-order valence-corrected chi connectivity index (χ2v) is 8.02. The molecule has 1 heterocycles. The van der Waals surface area contributed by atoms with E-state index in [0.717, 1.165) is 28.7 Å². The highest BCUT2D eigenvalue weighted by Gasteiger charge is 2.11. The highest BCUT2D eigenvalue weighted by Crippen LogP contribution is 2.34. The Morgan fingerprint density at radius 1 is 1.08 bits per heavy atom. The van der Waals surface area contributed by atoms with E-state index in [1.54, 1.807) is 18.4 Å². The monoisotopic (exact) mass is 451 g/mol. The van der Waals surface area contributed by atoms with Gasteiger partial charge >= 0.3 is 0 Å². The van der Waals surface area contributed by atoms with Crippen LogP contribution in [0.4, 0.5) is 0 Å². The zero-order valence-corrected chi connectivity index (χ0v) is 17.5. The number of benzene rings is 2. The van der Waals surface area contributed by atoms with E-state index in [9.17, 15) is 0 Å². The van der Waals surface area contributed by atoms with Crippen molar-refractivity contribution in [1.29, 1.82) is 0 Å². The molecular weight excluding hydrogens is 434 g/mol. The molecule has 0 atom stereocenters. The second kappa shape index (κ2) is 9.42. The molecule has 3 aromatic rings. The summed E-state index contributed by atoms with van der Waals surface area (Å²) in [5, 5.41) is 6.23. The SMILES string of the molecule is COc1cc(CNCc2cccs2)c(Br)cc1OCc1cccc(Cl)c1. The highest BCUT2D eigenvalue weighted by atomic mass is 79.9. The molecule has 1 N–H and O–H groups in total. The molecule has 136 valence electrons. The summed E-state index contributed by atoms with van der Waals surface area (Å²) >= 11 is 11.4. The zero-order chi connectivity index (χ0) is 18.4. The lowest BCUT2D eigenvalue weighted by Crippen LogP contribution is -2.12. The fraction of sp³-hybridized carbons (Fsp3) is 0.200. The van der Waals surface area contributed by atoms with Crippen LogP contribution in [-0.2, 0) is 19.7 Å². The van der Waals surface area contributed by atoms with E-state index in [1.807, 2.05) is 36.4 Å². The van der Waals surface area contributed by atoms with Crippen LogP contribution in [-0.4, -0.2) is 7.11 Å². The summed E-state index contributed by atoms with van der Waals surface area (Å²) in [4.78, 5) is 1.31. The lowest BCUT2D eigenvalue weighted by Gasteiger charge is -2.14. The third-order valence-corrected chi connectivity index (χ3v) is 5.66.